The number of anilines is 1. The van der Waals surface area contributed by atoms with Crippen LogP contribution in [0.25, 0.3) is 5.69 Å². The van der Waals surface area contributed by atoms with E-state index in [0.717, 1.165) is 30.6 Å². The molecule has 2 aromatic heterocycles. The molecule has 0 saturated heterocycles. The van der Waals surface area contributed by atoms with Gasteiger partial charge in [0, 0.05) is 18.0 Å². The molecule has 3 aromatic rings. The van der Waals surface area contributed by atoms with Gasteiger partial charge in [-0.3, -0.25) is 24.0 Å². The number of benzene rings is 1. The van der Waals surface area contributed by atoms with Crippen LogP contribution in [0.5, 0.6) is 0 Å². The normalized spacial score (nSPS) is 15.7. The van der Waals surface area contributed by atoms with Gasteiger partial charge in [0.05, 0.1) is 17.8 Å². The van der Waals surface area contributed by atoms with Gasteiger partial charge in [-0.1, -0.05) is 44.0 Å². The number of thiophene rings is 1. The zero-order valence-electron chi connectivity index (χ0n) is 20.9. The van der Waals surface area contributed by atoms with Crippen molar-refractivity contribution >= 4 is 28.8 Å². The largest absolute Gasteiger partial charge is 0.351 e. The van der Waals surface area contributed by atoms with Crippen molar-refractivity contribution in [1.82, 2.24) is 14.7 Å². The van der Waals surface area contributed by atoms with Crippen LogP contribution >= 0.6 is 11.3 Å². The molecular formula is C27H34N4O3S. The third kappa shape index (κ3) is 4.72. The molecule has 1 aliphatic carbocycles. The van der Waals surface area contributed by atoms with Gasteiger partial charge in [-0.15, -0.1) is 11.3 Å². The first-order valence-electron chi connectivity index (χ1n) is 12.3. The fraction of sp³-hybridized carbons (Fsp3) is 0.444. The van der Waals surface area contributed by atoms with Crippen LogP contribution in [-0.4, -0.2) is 32.8 Å². The first kappa shape index (κ1) is 25.0. The van der Waals surface area contributed by atoms with Gasteiger partial charge in [0.2, 0.25) is 11.8 Å². The lowest BCUT2D eigenvalue weighted by molar-refractivity contribution is -0.130. The van der Waals surface area contributed by atoms with Gasteiger partial charge in [0.25, 0.3) is 5.56 Å². The molecule has 2 amide bonds. The number of amides is 2. The van der Waals surface area contributed by atoms with Crippen LogP contribution in [0.15, 0.2) is 52.6 Å². The number of para-hydroxylation sites is 1. The molecule has 35 heavy (non-hydrogen) atoms. The number of carbonyl (C=O) groups excluding carboxylic acids is 2. The maximum Gasteiger partial charge on any atom is 0.295 e. The van der Waals surface area contributed by atoms with Crippen molar-refractivity contribution in [3.05, 3.63) is 68.8 Å². The van der Waals surface area contributed by atoms with E-state index in [2.05, 4.69) is 5.32 Å². The van der Waals surface area contributed by atoms with Gasteiger partial charge in [0.15, 0.2) is 0 Å². The molecule has 1 aromatic carbocycles. The Hall–Kier alpha value is -3.13. The second kappa shape index (κ2) is 10.2. The highest BCUT2D eigenvalue weighted by molar-refractivity contribution is 7.10. The van der Waals surface area contributed by atoms with E-state index in [4.69, 9.17) is 0 Å². The molecule has 186 valence electrons. The summed E-state index contributed by atoms with van der Waals surface area (Å²) in [5, 5.41) is 5.11. The minimum absolute atomic E-state index is 0.112. The summed E-state index contributed by atoms with van der Waals surface area (Å²) < 4.78 is 3.31. The van der Waals surface area contributed by atoms with E-state index >= 15 is 0 Å². The maximum absolute atomic E-state index is 13.9. The molecule has 0 radical (unpaired) electrons. The monoisotopic (exact) mass is 494 g/mol. The fourth-order valence-corrected chi connectivity index (χ4v) is 5.63. The number of aromatic nitrogens is 2. The van der Waals surface area contributed by atoms with Crippen LogP contribution in [0.3, 0.4) is 0 Å². The second-order valence-electron chi connectivity index (χ2n) is 9.48. The predicted octanol–water partition coefficient (Wildman–Crippen LogP) is 4.35. The van der Waals surface area contributed by atoms with Crippen LogP contribution in [0, 0.1) is 6.92 Å². The van der Waals surface area contributed by atoms with E-state index in [1.54, 1.807) is 23.3 Å². The molecule has 0 bridgehead atoms. The second-order valence-corrected chi connectivity index (χ2v) is 10.5. The van der Waals surface area contributed by atoms with E-state index < -0.39 is 5.54 Å². The first-order valence-corrected chi connectivity index (χ1v) is 13.2. The number of hydrogen-bond acceptors (Lipinski definition) is 4. The summed E-state index contributed by atoms with van der Waals surface area (Å²) in [5.41, 5.74) is 0.0599. The van der Waals surface area contributed by atoms with Gasteiger partial charge >= 0.3 is 0 Å². The summed E-state index contributed by atoms with van der Waals surface area (Å²) in [4.78, 5) is 43.9. The summed E-state index contributed by atoms with van der Waals surface area (Å²) in [7, 11) is 1.80. The van der Waals surface area contributed by atoms with Crippen molar-refractivity contribution in [2.24, 2.45) is 7.05 Å². The zero-order valence-corrected chi connectivity index (χ0v) is 21.7. The van der Waals surface area contributed by atoms with Crippen molar-refractivity contribution in [1.29, 1.82) is 0 Å². The van der Waals surface area contributed by atoms with Crippen LogP contribution in [0.4, 0.5) is 5.69 Å². The van der Waals surface area contributed by atoms with Crippen molar-refractivity contribution in [3.8, 4) is 5.69 Å². The molecule has 0 unspecified atom stereocenters. The summed E-state index contributed by atoms with van der Waals surface area (Å²) in [6.07, 6.45) is 4.58. The number of carbonyl (C=O) groups is 2. The van der Waals surface area contributed by atoms with Crippen molar-refractivity contribution in [2.45, 2.75) is 70.9 Å². The summed E-state index contributed by atoms with van der Waals surface area (Å²) >= 11 is 1.49. The number of nitrogens with zero attached hydrogens (tertiary/aromatic N) is 3. The Morgan fingerprint density at radius 2 is 1.83 bits per heavy atom. The van der Waals surface area contributed by atoms with Gasteiger partial charge < -0.3 is 5.32 Å². The van der Waals surface area contributed by atoms with E-state index in [1.165, 1.54) is 16.2 Å². The lowest BCUT2D eigenvalue weighted by Gasteiger charge is -2.39. The maximum atomic E-state index is 13.9. The van der Waals surface area contributed by atoms with E-state index in [-0.39, 0.29) is 35.5 Å². The Morgan fingerprint density at radius 3 is 2.43 bits per heavy atom. The lowest BCUT2D eigenvalue weighted by atomic mass is 9.92. The molecule has 0 spiro atoms. The van der Waals surface area contributed by atoms with Crippen LogP contribution in [-0.2, 0) is 23.1 Å². The smallest absolute Gasteiger partial charge is 0.295 e. The zero-order chi connectivity index (χ0) is 25.2. The SMILES string of the molecule is CC[C@](C)(C(=O)NC1CCCC1)N(C(=O)Cc1cccs1)c1c(C)n(C)n(-c2ccccc2)c1=O. The predicted molar refractivity (Wildman–Crippen MR) is 140 cm³/mol. The molecule has 4 rings (SSSR count). The van der Waals surface area contributed by atoms with Gasteiger partial charge in [-0.2, -0.15) is 0 Å². The molecule has 7 nitrogen and oxygen atoms in total. The van der Waals surface area contributed by atoms with Crippen LogP contribution in [0.1, 0.15) is 56.5 Å². The van der Waals surface area contributed by atoms with Gasteiger partial charge in [0.1, 0.15) is 11.2 Å². The molecule has 1 atom stereocenters. The average molecular weight is 495 g/mol. The molecule has 2 heterocycles. The van der Waals surface area contributed by atoms with Crippen molar-refractivity contribution in [3.63, 3.8) is 0 Å². The van der Waals surface area contributed by atoms with Crippen molar-refractivity contribution < 1.29 is 9.59 Å². The molecule has 1 fully saturated rings. The summed E-state index contributed by atoms with van der Waals surface area (Å²) in [6, 6.07) is 13.3. The standard InChI is InChI=1S/C27H34N4O3S/c1-5-27(3,26(34)28-20-12-9-10-13-20)30(23(32)18-22-16-11-17-35-22)24-19(2)29(4)31(25(24)33)21-14-7-6-8-15-21/h6-8,11,14-17,20H,5,9-10,12-13,18H2,1-4H3,(H,28,34)/t27-/m1/s1. The van der Waals surface area contributed by atoms with E-state index in [1.807, 2.05) is 61.7 Å². The molecule has 1 saturated carbocycles. The first-order chi connectivity index (χ1) is 16.8. The highest BCUT2D eigenvalue weighted by atomic mass is 32.1. The lowest BCUT2D eigenvalue weighted by Crippen LogP contribution is -2.61. The average Bonchev–Trinajstić information content (AvgIpc) is 3.60. The summed E-state index contributed by atoms with van der Waals surface area (Å²) in [5.74, 6) is -0.468. The van der Waals surface area contributed by atoms with Crippen molar-refractivity contribution in [2.75, 3.05) is 4.90 Å². The molecular weight excluding hydrogens is 460 g/mol. The Labute approximate surface area is 210 Å². The number of nitrogens with one attached hydrogen (secondary N) is 1. The minimum atomic E-state index is -1.21. The number of rotatable bonds is 8. The van der Waals surface area contributed by atoms with Crippen LogP contribution in [0.2, 0.25) is 0 Å². The van der Waals surface area contributed by atoms with E-state index in [0.29, 0.717) is 17.8 Å². The third-order valence-electron chi connectivity index (χ3n) is 7.26. The Morgan fingerprint density at radius 1 is 1.14 bits per heavy atom. The quantitative estimate of drug-likeness (QED) is 0.506. The van der Waals surface area contributed by atoms with Gasteiger partial charge in [-0.05, 0) is 56.7 Å². The Balaban J connectivity index is 1.84. The summed E-state index contributed by atoms with van der Waals surface area (Å²) in [6.45, 7) is 5.50. The molecule has 1 aliphatic rings. The fourth-order valence-electron chi connectivity index (χ4n) is 4.93. The third-order valence-corrected chi connectivity index (χ3v) is 8.14. The van der Waals surface area contributed by atoms with Gasteiger partial charge in [-0.25, -0.2) is 4.68 Å². The highest BCUT2D eigenvalue weighted by Gasteiger charge is 2.45. The topological polar surface area (TPSA) is 76.3 Å². The number of hydrogen-bond donors (Lipinski definition) is 1. The van der Waals surface area contributed by atoms with Crippen LogP contribution < -0.4 is 15.8 Å². The minimum Gasteiger partial charge on any atom is -0.351 e. The Bertz CT molecular complexity index is 1240. The highest BCUT2D eigenvalue weighted by Crippen LogP contribution is 2.31. The molecule has 1 N–H and O–H groups in total. The van der Waals surface area contributed by atoms with E-state index in [9.17, 15) is 14.4 Å². The Kier molecular flexibility index (Phi) is 7.31. The molecule has 0 aliphatic heterocycles. The molecule has 8 heteroatoms.